The molecule has 1 heterocycles. The van der Waals surface area contributed by atoms with E-state index in [2.05, 4.69) is 15.6 Å². The molecule has 0 radical (unpaired) electrons. The van der Waals surface area contributed by atoms with Crippen molar-refractivity contribution in [2.75, 3.05) is 25.0 Å². The third-order valence-electron chi connectivity index (χ3n) is 2.00. The van der Waals surface area contributed by atoms with Crippen molar-refractivity contribution < 1.29 is 14.3 Å². The molecule has 0 aliphatic rings. The van der Waals surface area contributed by atoms with Gasteiger partial charge < -0.3 is 21.1 Å². The Balaban J connectivity index is 2.40. The van der Waals surface area contributed by atoms with E-state index >= 15 is 0 Å². The molecule has 0 aliphatic carbocycles. The summed E-state index contributed by atoms with van der Waals surface area (Å²) in [6.07, 6.45) is 1.43. The van der Waals surface area contributed by atoms with Gasteiger partial charge in [-0.2, -0.15) is 0 Å². The second-order valence-corrected chi connectivity index (χ2v) is 3.37. The molecule has 0 fully saturated rings. The van der Waals surface area contributed by atoms with E-state index in [1.165, 1.54) is 6.20 Å². The van der Waals surface area contributed by atoms with E-state index in [1.54, 1.807) is 19.1 Å². The zero-order valence-electron chi connectivity index (χ0n) is 10.1. The average Bonchev–Trinajstić information content (AvgIpc) is 2.35. The van der Waals surface area contributed by atoms with E-state index in [-0.39, 0.29) is 0 Å². The maximum atomic E-state index is 11.3. The zero-order valence-corrected chi connectivity index (χ0v) is 10.1. The number of ether oxygens (including phenoxy) is 1. The number of carbonyl (C=O) groups excluding carboxylic acids is 2. The van der Waals surface area contributed by atoms with Crippen LogP contribution in [0.2, 0.25) is 0 Å². The van der Waals surface area contributed by atoms with Crippen molar-refractivity contribution in [1.29, 1.82) is 0 Å². The van der Waals surface area contributed by atoms with E-state index in [9.17, 15) is 9.59 Å². The van der Waals surface area contributed by atoms with Gasteiger partial charge in [0.15, 0.2) is 0 Å². The summed E-state index contributed by atoms with van der Waals surface area (Å²) >= 11 is 0. The summed E-state index contributed by atoms with van der Waals surface area (Å²) in [6.45, 7) is 2.97. The number of hydrogen-bond acceptors (Lipinski definition) is 5. The van der Waals surface area contributed by atoms with Crippen LogP contribution in [0.4, 0.5) is 10.6 Å². The molecular weight excluding hydrogens is 236 g/mol. The fraction of sp³-hybridized carbons (Fsp3) is 0.364. The van der Waals surface area contributed by atoms with Gasteiger partial charge in [-0.05, 0) is 19.1 Å². The Kier molecular flexibility index (Phi) is 5.43. The lowest BCUT2D eigenvalue weighted by Gasteiger charge is -2.06. The zero-order chi connectivity index (χ0) is 13.4. The Labute approximate surface area is 105 Å². The van der Waals surface area contributed by atoms with E-state index in [0.29, 0.717) is 31.1 Å². The number of nitrogens with one attached hydrogen (secondary N) is 2. The second kappa shape index (κ2) is 7.10. The number of hydrogen-bond donors (Lipinski definition) is 3. The van der Waals surface area contributed by atoms with Gasteiger partial charge in [-0.25, -0.2) is 14.6 Å². The first kappa shape index (κ1) is 13.8. The van der Waals surface area contributed by atoms with Crippen LogP contribution in [0.15, 0.2) is 18.3 Å². The summed E-state index contributed by atoms with van der Waals surface area (Å²) in [5, 5.41) is 5.40. The highest BCUT2D eigenvalue weighted by Gasteiger charge is 2.06. The number of nitrogens with zero attached hydrogens (tertiary/aromatic N) is 1. The second-order valence-electron chi connectivity index (χ2n) is 3.37. The van der Waals surface area contributed by atoms with Gasteiger partial charge in [-0.1, -0.05) is 0 Å². The number of pyridine rings is 1. The predicted octanol–water partition coefficient (Wildman–Crippen LogP) is 0.339. The average molecular weight is 252 g/mol. The highest BCUT2D eigenvalue weighted by molar-refractivity contribution is 5.89. The molecule has 0 aliphatic heterocycles. The molecule has 0 bridgehead atoms. The molecule has 0 spiro atoms. The Bertz CT molecular complexity index is 405. The molecule has 0 saturated heterocycles. The normalized spacial score (nSPS) is 9.61. The SMILES string of the molecule is CCOC(=O)c1ccc(NCCNC(N)=O)nc1. The third kappa shape index (κ3) is 4.69. The van der Waals surface area contributed by atoms with Gasteiger partial charge in [0.05, 0.1) is 12.2 Å². The largest absolute Gasteiger partial charge is 0.462 e. The number of amides is 2. The Hall–Kier alpha value is -2.31. The van der Waals surface area contributed by atoms with Gasteiger partial charge in [0.2, 0.25) is 0 Å². The standard InChI is InChI=1S/C11H16N4O3/c1-2-18-10(16)8-3-4-9(15-7-8)13-5-6-14-11(12)17/h3-4,7H,2,5-6H2,1H3,(H,13,15)(H3,12,14,17). The highest BCUT2D eigenvalue weighted by atomic mass is 16.5. The number of rotatable bonds is 6. The fourth-order valence-corrected chi connectivity index (χ4v) is 1.21. The molecule has 1 aromatic heterocycles. The molecule has 18 heavy (non-hydrogen) atoms. The van der Waals surface area contributed by atoms with Gasteiger partial charge in [-0.3, -0.25) is 0 Å². The summed E-state index contributed by atoms with van der Waals surface area (Å²) in [5.74, 6) is 0.210. The third-order valence-corrected chi connectivity index (χ3v) is 2.00. The molecule has 98 valence electrons. The van der Waals surface area contributed by atoms with Crippen molar-refractivity contribution in [2.24, 2.45) is 5.73 Å². The minimum absolute atomic E-state index is 0.331. The van der Waals surface area contributed by atoms with Crippen LogP contribution in [0.5, 0.6) is 0 Å². The summed E-state index contributed by atoms with van der Waals surface area (Å²) in [7, 11) is 0. The number of esters is 1. The molecule has 1 rings (SSSR count). The Morgan fingerprint density at radius 1 is 1.39 bits per heavy atom. The molecule has 2 amide bonds. The van der Waals surface area contributed by atoms with Crippen molar-refractivity contribution in [3.63, 3.8) is 0 Å². The first-order valence-corrected chi connectivity index (χ1v) is 5.54. The van der Waals surface area contributed by atoms with Crippen LogP contribution >= 0.6 is 0 Å². The monoisotopic (exact) mass is 252 g/mol. The predicted molar refractivity (Wildman–Crippen MR) is 66.3 cm³/mol. The molecule has 0 atom stereocenters. The number of nitrogens with two attached hydrogens (primary N) is 1. The highest BCUT2D eigenvalue weighted by Crippen LogP contribution is 2.05. The van der Waals surface area contributed by atoms with E-state index in [4.69, 9.17) is 10.5 Å². The van der Waals surface area contributed by atoms with E-state index in [1.807, 2.05) is 0 Å². The van der Waals surface area contributed by atoms with Crippen molar-refractivity contribution in [1.82, 2.24) is 10.3 Å². The maximum Gasteiger partial charge on any atom is 0.339 e. The van der Waals surface area contributed by atoms with Crippen molar-refractivity contribution >= 4 is 17.8 Å². The number of anilines is 1. The summed E-state index contributed by atoms with van der Waals surface area (Å²) < 4.78 is 4.83. The van der Waals surface area contributed by atoms with Crippen LogP contribution in [0.25, 0.3) is 0 Å². The molecule has 7 nitrogen and oxygen atoms in total. The number of aromatic nitrogens is 1. The topological polar surface area (TPSA) is 106 Å². The quantitative estimate of drug-likeness (QED) is 0.500. The molecule has 1 aromatic rings. The lowest BCUT2D eigenvalue weighted by atomic mass is 10.3. The Morgan fingerprint density at radius 3 is 2.72 bits per heavy atom. The molecule has 0 unspecified atom stereocenters. The lowest BCUT2D eigenvalue weighted by Crippen LogP contribution is -2.33. The lowest BCUT2D eigenvalue weighted by molar-refractivity contribution is 0.0526. The van der Waals surface area contributed by atoms with Crippen LogP contribution in [-0.4, -0.2) is 36.7 Å². The molecule has 7 heteroatoms. The van der Waals surface area contributed by atoms with Crippen LogP contribution in [-0.2, 0) is 4.74 Å². The summed E-state index contributed by atoms with van der Waals surface area (Å²) in [6, 6.07) is 2.72. The van der Waals surface area contributed by atoms with Crippen molar-refractivity contribution in [3.05, 3.63) is 23.9 Å². The van der Waals surface area contributed by atoms with Crippen LogP contribution < -0.4 is 16.4 Å². The number of primary amides is 1. The minimum Gasteiger partial charge on any atom is -0.462 e. The summed E-state index contributed by atoms with van der Waals surface area (Å²) in [5.41, 5.74) is 5.31. The number of carbonyl (C=O) groups is 2. The van der Waals surface area contributed by atoms with Gasteiger partial charge in [0.25, 0.3) is 0 Å². The van der Waals surface area contributed by atoms with Gasteiger partial charge in [0.1, 0.15) is 5.82 Å². The van der Waals surface area contributed by atoms with Gasteiger partial charge >= 0.3 is 12.0 Å². The molecular formula is C11H16N4O3. The minimum atomic E-state index is -0.567. The van der Waals surface area contributed by atoms with Crippen LogP contribution in [0, 0.1) is 0 Å². The van der Waals surface area contributed by atoms with Crippen LogP contribution in [0.1, 0.15) is 17.3 Å². The first-order valence-electron chi connectivity index (χ1n) is 5.54. The first-order chi connectivity index (χ1) is 8.63. The molecule has 4 N–H and O–H groups in total. The van der Waals surface area contributed by atoms with Gasteiger partial charge in [-0.15, -0.1) is 0 Å². The van der Waals surface area contributed by atoms with E-state index in [0.717, 1.165) is 0 Å². The smallest absolute Gasteiger partial charge is 0.339 e. The summed E-state index contributed by atoms with van der Waals surface area (Å²) in [4.78, 5) is 25.8. The van der Waals surface area contributed by atoms with Gasteiger partial charge in [0, 0.05) is 19.3 Å². The molecule has 0 saturated carbocycles. The van der Waals surface area contributed by atoms with Crippen molar-refractivity contribution in [2.45, 2.75) is 6.92 Å². The van der Waals surface area contributed by atoms with Crippen LogP contribution in [0.3, 0.4) is 0 Å². The maximum absolute atomic E-state index is 11.3. The molecule has 0 aromatic carbocycles. The number of urea groups is 1. The van der Waals surface area contributed by atoms with Crippen molar-refractivity contribution in [3.8, 4) is 0 Å². The fourth-order valence-electron chi connectivity index (χ4n) is 1.21. The Morgan fingerprint density at radius 2 is 2.17 bits per heavy atom. The van der Waals surface area contributed by atoms with E-state index < -0.39 is 12.0 Å².